The van der Waals surface area contributed by atoms with Crippen LogP contribution in [0.5, 0.6) is 0 Å². The summed E-state index contributed by atoms with van der Waals surface area (Å²) >= 11 is 0. The van der Waals surface area contributed by atoms with Crippen LogP contribution in [0.4, 0.5) is 0 Å². The van der Waals surface area contributed by atoms with E-state index in [0.717, 1.165) is 35.1 Å². The fourth-order valence-electron chi connectivity index (χ4n) is 2.78. The van der Waals surface area contributed by atoms with Crippen LogP contribution >= 0.6 is 0 Å². The van der Waals surface area contributed by atoms with Gasteiger partial charge in [0.15, 0.2) is 0 Å². The number of aryl methyl sites for hydroxylation is 1. The quantitative estimate of drug-likeness (QED) is 0.733. The Balaban J connectivity index is 2.04. The van der Waals surface area contributed by atoms with Crippen LogP contribution in [-0.2, 0) is 6.42 Å². The molecule has 0 saturated heterocycles. The number of carbonyl (C=O) groups is 1. The lowest BCUT2D eigenvalue weighted by Gasteiger charge is -2.10. The van der Waals surface area contributed by atoms with E-state index in [1.165, 1.54) is 5.56 Å². The van der Waals surface area contributed by atoms with Crippen LogP contribution in [0.3, 0.4) is 0 Å². The molecule has 0 fully saturated rings. The van der Waals surface area contributed by atoms with Gasteiger partial charge in [-0.15, -0.1) is 0 Å². The van der Waals surface area contributed by atoms with Crippen LogP contribution in [0.25, 0.3) is 22.6 Å². The van der Waals surface area contributed by atoms with Crippen molar-refractivity contribution < 1.29 is 4.79 Å². The smallest absolute Gasteiger partial charge is 0.248 e. The van der Waals surface area contributed by atoms with Crippen molar-refractivity contribution in [1.82, 2.24) is 9.38 Å². The molecule has 98 valence electrons. The molecule has 0 atom stereocenters. The van der Waals surface area contributed by atoms with E-state index in [2.05, 4.69) is 27.7 Å². The molecule has 1 aliphatic rings. The third kappa shape index (κ3) is 1.54. The van der Waals surface area contributed by atoms with Crippen molar-refractivity contribution >= 4 is 28.5 Å². The largest absolute Gasteiger partial charge is 0.366 e. The van der Waals surface area contributed by atoms with E-state index < -0.39 is 5.91 Å². The van der Waals surface area contributed by atoms with Gasteiger partial charge < -0.3 is 10.1 Å². The van der Waals surface area contributed by atoms with E-state index in [9.17, 15) is 4.79 Å². The molecular formula is C16H13N3O. The van der Waals surface area contributed by atoms with Crippen molar-refractivity contribution in [2.24, 2.45) is 5.73 Å². The summed E-state index contributed by atoms with van der Waals surface area (Å²) < 4.78 is 2.08. The Morgan fingerprint density at radius 1 is 1.30 bits per heavy atom. The Morgan fingerprint density at radius 3 is 3.05 bits per heavy atom. The fraction of sp³-hybridized carbons (Fsp3) is 0.125. The van der Waals surface area contributed by atoms with Crippen LogP contribution in [0, 0.1) is 0 Å². The van der Waals surface area contributed by atoms with Gasteiger partial charge in [-0.3, -0.25) is 4.79 Å². The zero-order chi connectivity index (χ0) is 13.7. The summed E-state index contributed by atoms with van der Waals surface area (Å²) in [7, 11) is 0. The molecule has 4 rings (SSSR count). The van der Waals surface area contributed by atoms with E-state index >= 15 is 0 Å². The molecule has 2 N–H and O–H groups in total. The first-order chi connectivity index (χ1) is 9.72. The lowest BCUT2D eigenvalue weighted by atomic mass is 10.0. The molecule has 0 saturated carbocycles. The van der Waals surface area contributed by atoms with Gasteiger partial charge in [-0.25, -0.2) is 4.98 Å². The van der Waals surface area contributed by atoms with Crippen LogP contribution in [0.15, 0.2) is 36.5 Å². The van der Waals surface area contributed by atoms with E-state index in [4.69, 9.17) is 5.73 Å². The Hall–Kier alpha value is -2.62. The number of nitrogens with zero attached hydrogens (tertiary/aromatic N) is 2. The van der Waals surface area contributed by atoms with E-state index in [1.54, 1.807) is 6.07 Å². The number of aromatic nitrogens is 2. The molecule has 20 heavy (non-hydrogen) atoms. The first-order valence-corrected chi connectivity index (χ1v) is 6.63. The van der Waals surface area contributed by atoms with Crippen LogP contribution in [0.2, 0.25) is 0 Å². The molecule has 2 heterocycles. The van der Waals surface area contributed by atoms with Gasteiger partial charge in [-0.1, -0.05) is 6.08 Å². The number of rotatable bonds is 1. The number of hydrogen-bond donors (Lipinski definition) is 1. The second-order valence-electron chi connectivity index (χ2n) is 5.10. The summed E-state index contributed by atoms with van der Waals surface area (Å²) in [6.07, 6.45) is 8.46. The molecule has 4 nitrogen and oxygen atoms in total. The Labute approximate surface area is 115 Å². The number of nitrogens with two attached hydrogens (primary N) is 1. The van der Waals surface area contributed by atoms with Crippen molar-refractivity contribution in [3.63, 3.8) is 0 Å². The van der Waals surface area contributed by atoms with Crippen molar-refractivity contribution in [2.45, 2.75) is 12.8 Å². The highest BCUT2D eigenvalue weighted by atomic mass is 16.1. The monoisotopic (exact) mass is 263 g/mol. The third-order valence-corrected chi connectivity index (χ3v) is 3.81. The molecule has 4 heteroatoms. The van der Waals surface area contributed by atoms with Gasteiger partial charge in [0.2, 0.25) is 5.91 Å². The summed E-state index contributed by atoms with van der Waals surface area (Å²) in [6, 6.07) is 7.50. The summed E-state index contributed by atoms with van der Waals surface area (Å²) in [5.41, 5.74) is 10.1. The van der Waals surface area contributed by atoms with Crippen LogP contribution < -0.4 is 5.73 Å². The minimum absolute atomic E-state index is 0.405. The number of carbonyl (C=O) groups excluding carboxylic acids is 1. The Bertz CT molecular complexity index is 890. The fourth-order valence-corrected chi connectivity index (χ4v) is 2.78. The van der Waals surface area contributed by atoms with Crippen molar-refractivity contribution in [3.8, 4) is 0 Å². The lowest BCUT2D eigenvalue weighted by Crippen LogP contribution is -2.10. The highest BCUT2D eigenvalue weighted by molar-refractivity contribution is 5.98. The minimum atomic E-state index is -0.405. The molecule has 1 aromatic carbocycles. The van der Waals surface area contributed by atoms with Crippen molar-refractivity contribution in [3.05, 3.63) is 53.4 Å². The molecule has 3 aromatic rings. The molecule has 0 bridgehead atoms. The molecule has 0 radical (unpaired) electrons. The normalized spacial score (nSPS) is 13.8. The Kier molecular flexibility index (Phi) is 2.21. The molecular weight excluding hydrogens is 250 g/mol. The zero-order valence-electron chi connectivity index (χ0n) is 10.8. The average Bonchev–Trinajstić information content (AvgIpc) is 2.81. The van der Waals surface area contributed by atoms with Gasteiger partial charge in [0.05, 0.1) is 11.2 Å². The number of hydrogen-bond acceptors (Lipinski definition) is 2. The standard InChI is InChI=1S/C16H13N3O/c17-16(20)10-5-6-14-12(7-10)8-15-18-13-4-2-1-3-11(13)9-19(14)15/h2,4-9H,1,3H2,(H2,17,20). The predicted octanol–water partition coefficient (Wildman–Crippen LogP) is 2.55. The summed E-state index contributed by atoms with van der Waals surface area (Å²) in [6.45, 7) is 0. The molecule has 2 aromatic heterocycles. The maximum Gasteiger partial charge on any atom is 0.248 e. The van der Waals surface area contributed by atoms with Gasteiger partial charge in [0, 0.05) is 17.1 Å². The third-order valence-electron chi connectivity index (χ3n) is 3.81. The van der Waals surface area contributed by atoms with Gasteiger partial charge in [0.25, 0.3) is 0 Å². The van der Waals surface area contributed by atoms with Gasteiger partial charge in [0.1, 0.15) is 5.65 Å². The lowest BCUT2D eigenvalue weighted by molar-refractivity contribution is 0.100. The van der Waals surface area contributed by atoms with Crippen molar-refractivity contribution in [1.29, 1.82) is 0 Å². The summed E-state index contributed by atoms with van der Waals surface area (Å²) in [5, 5.41) is 0.986. The molecule has 1 aliphatic carbocycles. The molecule has 1 amide bonds. The number of allylic oxidation sites excluding steroid dienone is 1. The first-order valence-electron chi connectivity index (χ1n) is 6.63. The molecule has 0 aliphatic heterocycles. The average molecular weight is 263 g/mol. The van der Waals surface area contributed by atoms with E-state index in [-0.39, 0.29) is 0 Å². The number of benzene rings is 1. The maximum atomic E-state index is 11.3. The first kappa shape index (κ1) is 11.2. The van der Waals surface area contributed by atoms with E-state index in [0.29, 0.717) is 5.56 Å². The maximum absolute atomic E-state index is 11.3. The summed E-state index contributed by atoms with van der Waals surface area (Å²) in [5.74, 6) is -0.405. The Morgan fingerprint density at radius 2 is 2.20 bits per heavy atom. The van der Waals surface area contributed by atoms with Gasteiger partial charge >= 0.3 is 0 Å². The molecule has 0 spiro atoms. The highest BCUT2D eigenvalue weighted by Crippen LogP contribution is 2.24. The SMILES string of the molecule is NC(=O)c1ccc2c(c1)cc1nc3c(cn12)CCC=C3. The second-order valence-corrected chi connectivity index (χ2v) is 5.10. The zero-order valence-corrected chi connectivity index (χ0v) is 10.8. The minimum Gasteiger partial charge on any atom is -0.366 e. The van der Waals surface area contributed by atoms with Crippen LogP contribution in [0.1, 0.15) is 28.0 Å². The van der Waals surface area contributed by atoms with Crippen LogP contribution in [-0.4, -0.2) is 15.3 Å². The predicted molar refractivity (Wildman–Crippen MR) is 78.6 cm³/mol. The van der Waals surface area contributed by atoms with Crippen molar-refractivity contribution in [2.75, 3.05) is 0 Å². The number of amides is 1. The van der Waals surface area contributed by atoms with Gasteiger partial charge in [-0.2, -0.15) is 0 Å². The molecule has 0 unspecified atom stereocenters. The topological polar surface area (TPSA) is 60.4 Å². The number of primary amides is 1. The highest BCUT2D eigenvalue weighted by Gasteiger charge is 2.11. The second kappa shape index (κ2) is 3.93. The van der Waals surface area contributed by atoms with E-state index in [1.807, 2.05) is 18.2 Å². The van der Waals surface area contributed by atoms with Gasteiger partial charge in [-0.05, 0) is 48.7 Å². The number of fused-ring (bicyclic) bond motifs is 4. The summed E-state index contributed by atoms with van der Waals surface area (Å²) in [4.78, 5) is 15.9.